The summed E-state index contributed by atoms with van der Waals surface area (Å²) >= 11 is 3.05. The smallest absolute Gasteiger partial charge is 0.271 e. The number of urea groups is 1. The lowest BCUT2D eigenvalue weighted by atomic mass is 10.1. The van der Waals surface area contributed by atoms with Crippen molar-refractivity contribution in [3.05, 3.63) is 80.7 Å². The Morgan fingerprint density at radius 2 is 1.64 bits per heavy atom. The highest BCUT2D eigenvalue weighted by molar-refractivity contribution is 7.12. The Kier molecular flexibility index (Phi) is 5.61. The molecule has 4 heterocycles. The fraction of sp³-hybridized carbons (Fsp3) is 0.174. The zero-order chi connectivity index (χ0) is 22.9. The molecule has 0 radical (unpaired) electrons. The molecule has 5 rings (SSSR count). The summed E-state index contributed by atoms with van der Waals surface area (Å²) in [5.41, 5.74) is 1.49. The molecule has 0 aliphatic carbocycles. The summed E-state index contributed by atoms with van der Waals surface area (Å²) in [6.45, 7) is -0.574. The van der Waals surface area contributed by atoms with Crippen LogP contribution in [0, 0.1) is 0 Å². The first kappa shape index (κ1) is 21.2. The van der Waals surface area contributed by atoms with Gasteiger partial charge in [0.25, 0.3) is 5.91 Å². The molecule has 2 aromatic heterocycles. The van der Waals surface area contributed by atoms with Crippen LogP contribution in [0.4, 0.5) is 4.79 Å². The van der Waals surface area contributed by atoms with E-state index >= 15 is 0 Å². The van der Waals surface area contributed by atoms with E-state index in [2.05, 4.69) is 5.10 Å². The molecule has 5 amide bonds. The van der Waals surface area contributed by atoms with E-state index in [1.54, 1.807) is 24.3 Å². The summed E-state index contributed by atoms with van der Waals surface area (Å²) in [5.74, 6) is -2.45. The predicted molar refractivity (Wildman–Crippen MR) is 123 cm³/mol. The highest BCUT2D eigenvalue weighted by Gasteiger charge is 2.46. The van der Waals surface area contributed by atoms with Gasteiger partial charge in [-0.05, 0) is 28.5 Å². The minimum Gasteiger partial charge on any atom is -0.271 e. The van der Waals surface area contributed by atoms with Gasteiger partial charge < -0.3 is 0 Å². The predicted octanol–water partition coefficient (Wildman–Crippen LogP) is 3.48. The molecule has 10 heteroatoms. The lowest BCUT2D eigenvalue weighted by molar-refractivity contribution is -0.145. The molecule has 2 aliphatic heterocycles. The van der Waals surface area contributed by atoms with E-state index in [1.165, 1.54) is 27.7 Å². The number of imide groups is 2. The second-order valence-corrected chi connectivity index (χ2v) is 9.48. The molecule has 0 spiro atoms. The third-order valence-electron chi connectivity index (χ3n) is 5.46. The van der Waals surface area contributed by atoms with E-state index in [0.29, 0.717) is 16.9 Å². The van der Waals surface area contributed by atoms with Crippen molar-refractivity contribution in [1.82, 2.24) is 14.8 Å². The first-order valence-corrected chi connectivity index (χ1v) is 12.0. The van der Waals surface area contributed by atoms with Gasteiger partial charge in [0, 0.05) is 11.3 Å². The molecule has 1 unspecified atom stereocenters. The van der Waals surface area contributed by atoms with Crippen molar-refractivity contribution in [1.29, 1.82) is 0 Å². The number of thiophene rings is 2. The third-order valence-corrected chi connectivity index (χ3v) is 7.35. The largest absolute Gasteiger partial charge is 0.335 e. The highest BCUT2D eigenvalue weighted by Crippen LogP contribution is 2.36. The Morgan fingerprint density at radius 3 is 2.33 bits per heavy atom. The van der Waals surface area contributed by atoms with E-state index in [4.69, 9.17) is 0 Å². The van der Waals surface area contributed by atoms with Crippen molar-refractivity contribution >= 4 is 52.1 Å². The maximum Gasteiger partial charge on any atom is 0.335 e. The van der Waals surface area contributed by atoms with Crippen molar-refractivity contribution in [2.24, 2.45) is 5.10 Å². The first-order valence-electron chi connectivity index (χ1n) is 10.2. The Hall–Kier alpha value is -3.63. The highest BCUT2D eigenvalue weighted by atomic mass is 32.1. The molecule has 2 aliphatic rings. The molecule has 8 nitrogen and oxygen atoms in total. The molecular weight excluding hydrogens is 460 g/mol. The number of amides is 5. The maximum atomic E-state index is 13.2. The summed E-state index contributed by atoms with van der Waals surface area (Å²) in [6, 6.07) is 15.5. The molecule has 3 aromatic rings. The second kappa shape index (κ2) is 8.72. The van der Waals surface area contributed by atoms with Gasteiger partial charge in [0.15, 0.2) is 0 Å². The monoisotopic (exact) mass is 478 g/mol. The number of hydrogen-bond acceptors (Lipinski definition) is 7. The fourth-order valence-electron chi connectivity index (χ4n) is 3.84. The number of nitrogens with zero attached hydrogens (tertiary/aromatic N) is 4. The van der Waals surface area contributed by atoms with Gasteiger partial charge in [-0.3, -0.25) is 19.3 Å². The minimum absolute atomic E-state index is 0.0306. The summed E-state index contributed by atoms with van der Waals surface area (Å²) in [4.78, 5) is 54.6. The van der Waals surface area contributed by atoms with Gasteiger partial charge >= 0.3 is 17.8 Å². The molecule has 1 saturated heterocycles. The van der Waals surface area contributed by atoms with E-state index in [9.17, 15) is 19.2 Å². The first-order chi connectivity index (χ1) is 16.0. The number of hydrazone groups is 1. The number of carbonyl (C=O) groups excluding carboxylic acids is 4. The number of rotatable bonds is 6. The van der Waals surface area contributed by atoms with E-state index in [0.717, 1.165) is 20.4 Å². The van der Waals surface area contributed by atoms with Crippen LogP contribution in [-0.4, -0.2) is 50.8 Å². The molecular formula is C23H18N4O4S2. The Bertz CT molecular complexity index is 1240. The quantitative estimate of drug-likeness (QED) is 0.401. The van der Waals surface area contributed by atoms with Crippen LogP contribution in [0.25, 0.3) is 0 Å². The summed E-state index contributed by atoms with van der Waals surface area (Å²) in [5, 5.41) is 9.74. The molecule has 33 heavy (non-hydrogen) atoms. The van der Waals surface area contributed by atoms with Crippen LogP contribution in [0.5, 0.6) is 0 Å². The lowest BCUT2D eigenvalue weighted by Crippen LogP contribution is -2.41. The summed E-state index contributed by atoms with van der Waals surface area (Å²) in [7, 11) is 0. The van der Waals surface area contributed by atoms with Gasteiger partial charge in [0.05, 0.1) is 23.2 Å². The number of benzene rings is 1. The minimum atomic E-state index is -1.00. The van der Waals surface area contributed by atoms with Crippen LogP contribution in [0.1, 0.15) is 27.8 Å². The molecule has 1 fully saturated rings. The molecule has 1 atom stereocenters. The van der Waals surface area contributed by atoms with Crippen LogP contribution in [-0.2, 0) is 20.9 Å². The van der Waals surface area contributed by atoms with Crippen LogP contribution in [0.15, 0.2) is 70.5 Å². The molecule has 1 aromatic carbocycles. The van der Waals surface area contributed by atoms with E-state index < -0.39 is 30.3 Å². The second-order valence-electron chi connectivity index (χ2n) is 7.55. The molecule has 166 valence electrons. The van der Waals surface area contributed by atoms with Gasteiger partial charge in [0.2, 0.25) is 0 Å². The normalized spacial score (nSPS) is 18.4. The molecule has 0 saturated carbocycles. The average Bonchev–Trinajstić information content (AvgIpc) is 3.62. The Morgan fingerprint density at radius 1 is 0.909 bits per heavy atom. The van der Waals surface area contributed by atoms with Crippen molar-refractivity contribution < 1.29 is 19.2 Å². The zero-order valence-electron chi connectivity index (χ0n) is 17.3. The van der Waals surface area contributed by atoms with Gasteiger partial charge in [-0.15, -0.1) is 22.7 Å². The van der Waals surface area contributed by atoms with Crippen LogP contribution >= 0.6 is 22.7 Å². The van der Waals surface area contributed by atoms with Crippen molar-refractivity contribution in [2.75, 3.05) is 6.54 Å². The van der Waals surface area contributed by atoms with Crippen LogP contribution < -0.4 is 0 Å². The topological polar surface area (TPSA) is 90.4 Å². The molecule has 0 N–H and O–H groups in total. The zero-order valence-corrected chi connectivity index (χ0v) is 18.9. The van der Waals surface area contributed by atoms with Crippen molar-refractivity contribution in [2.45, 2.75) is 19.0 Å². The van der Waals surface area contributed by atoms with Gasteiger partial charge in [-0.25, -0.2) is 14.7 Å². The SMILES string of the molecule is O=C1C(=O)N(Cc2ccccc2)C(=O)N1CC(=O)N1N=C(c2cccs2)CC1c1cccs1. The van der Waals surface area contributed by atoms with Gasteiger partial charge in [-0.2, -0.15) is 5.10 Å². The Balaban J connectivity index is 1.36. The summed E-state index contributed by atoms with van der Waals surface area (Å²) < 4.78 is 0. The average molecular weight is 479 g/mol. The Labute approximate surface area is 197 Å². The number of carbonyl (C=O) groups is 4. The van der Waals surface area contributed by atoms with Gasteiger partial charge in [0.1, 0.15) is 6.54 Å². The van der Waals surface area contributed by atoms with Crippen molar-refractivity contribution in [3.63, 3.8) is 0 Å². The fourth-order valence-corrected chi connectivity index (χ4v) is 5.37. The van der Waals surface area contributed by atoms with E-state index in [-0.39, 0.29) is 12.6 Å². The maximum absolute atomic E-state index is 13.2. The van der Waals surface area contributed by atoms with Gasteiger partial charge in [-0.1, -0.05) is 42.5 Å². The lowest BCUT2D eigenvalue weighted by Gasteiger charge is -2.22. The standard InChI is InChI=1S/C23H18N4O4S2/c28-20(14-26-22(30)21(29)25(23(26)31)13-15-6-2-1-3-7-15)27-17(19-9-5-11-33-19)12-16(24-27)18-8-4-10-32-18/h1-11,17H,12-14H2. The summed E-state index contributed by atoms with van der Waals surface area (Å²) in [6.07, 6.45) is 0.535. The molecule has 0 bridgehead atoms. The van der Waals surface area contributed by atoms with Crippen LogP contribution in [0.2, 0.25) is 0 Å². The van der Waals surface area contributed by atoms with E-state index in [1.807, 2.05) is 41.1 Å². The third kappa shape index (κ3) is 3.98. The van der Waals surface area contributed by atoms with Crippen molar-refractivity contribution in [3.8, 4) is 0 Å². The number of hydrogen-bond donors (Lipinski definition) is 0. The van der Waals surface area contributed by atoms with Crippen LogP contribution in [0.3, 0.4) is 0 Å².